The van der Waals surface area contributed by atoms with Crippen LogP contribution in [-0.2, 0) is 11.2 Å². The molecule has 82 valence electrons. The number of carbonyl (C=O) groups excluding carboxylic acids is 1. The van der Waals surface area contributed by atoms with Crippen molar-refractivity contribution in [2.24, 2.45) is 11.3 Å². The number of ketones is 1. The van der Waals surface area contributed by atoms with Crippen LogP contribution in [-0.4, -0.2) is 10.8 Å². The van der Waals surface area contributed by atoms with Gasteiger partial charge >= 0.3 is 0 Å². The molecular weight excluding hydrogens is 206 g/mol. The summed E-state index contributed by atoms with van der Waals surface area (Å²) >= 11 is 1.63. The maximum atomic E-state index is 11.5. The molecule has 1 saturated carbocycles. The minimum atomic E-state index is 0.289. The summed E-state index contributed by atoms with van der Waals surface area (Å²) in [5.74, 6) is 0.899. The van der Waals surface area contributed by atoms with Crippen molar-refractivity contribution < 1.29 is 4.79 Å². The molecule has 3 heteroatoms. The van der Waals surface area contributed by atoms with Crippen molar-refractivity contribution in [2.75, 3.05) is 0 Å². The van der Waals surface area contributed by atoms with Crippen LogP contribution in [0, 0.1) is 11.3 Å². The highest BCUT2D eigenvalue weighted by atomic mass is 32.1. The predicted octanol–water partition coefficient (Wildman–Crippen LogP) is 3.08. The molecule has 15 heavy (non-hydrogen) atoms. The quantitative estimate of drug-likeness (QED) is 0.771. The molecule has 0 aliphatic heterocycles. The molecule has 0 spiro atoms. The van der Waals surface area contributed by atoms with Gasteiger partial charge in [-0.15, -0.1) is 11.3 Å². The van der Waals surface area contributed by atoms with Crippen LogP contribution in [0.15, 0.2) is 10.9 Å². The fourth-order valence-corrected chi connectivity index (χ4v) is 2.83. The van der Waals surface area contributed by atoms with Gasteiger partial charge in [0.15, 0.2) is 0 Å². The van der Waals surface area contributed by atoms with E-state index in [1.807, 2.05) is 5.51 Å². The molecule has 2 nitrogen and oxygen atoms in total. The van der Waals surface area contributed by atoms with Crippen LogP contribution in [0.5, 0.6) is 0 Å². The summed E-state index contributed by atoms with van der Waals surface area (Å²) in [7, 11) is 0. The number of nitrogens with zero attached hydrogens (tertiary/aromatic N) is 1. The summed E-state index contributed by atoms with van der Waals surface area (Å²) in [6.07, 6.45) is 3.49. The van der Waals surface area contributed by atoms with Gasteiger partial charge in [0.1, 0.15) is 5.78 Å². The van der Waals surface area contributed by atoms with Crippen molar-refractivity contribution in [1.82, 2.24) is 4.98 Å². The van der Waals surface area contributed by atoms with Crippen LogP contribution in [0.2, 0.25) is 0 Å². The molecule has 2 rings (SSSR count). The zero-order chi connectivity index (χ0) is 10.9. The Labute approximate surface area is 94.7 Å². The second-order valence-electron chi connectivity index (χ2n) is 5.11. The predicted molar refractivity (Wildman–Crippen MR) is 61.9 cm³/mol. The number of Topliss-reactive ketones (excluding diaryl/α,β-unsaturated/α-hetero) is 1. The lowest BCUT2D eigenvalue weighted by atomic mass is 9.67. The second-order valence-corrected chi connectivity index (χ2v) is 5.83. The summed E-state index contributed by atoms with van der Waals surface area (Å²) < 4.78 is 0. The van der Waals surface area contributed by atoms with Crippen molar-refractivity contribution >= 4 is 17.1 Å². The van der Waals surface area contributed by atoms with Crippen molar-refractivity contribution in [3.63, 3.8) is 0 Å². The molecule has 0 radical (unpaired) electrons. The molecule has 0 bridgehead atoms. The number of thiazole rings is 1. The van der Waals surface area contributed by atoms with Crippen molar-refractivity contribution in [3.8, 4) is 0 Å². The first-order valence-electron chi connectivity index (χ1n) is 5.47. The van der Waals surface area contributed by atoms with Crippen LogP contribution < -0.4 is 0 Å². The first-order valence-corrected chi connectivity index (χ1v) is 6.41. The van der Waals surface area contributed by atoms with E-state index in [9.17, 15) is 4.79 Å². The van der Waals surface area contributed by atoms with Gasteiger partial charge in [-0.3, -0.25) is 4.79 Å². The van der Waals surface area contributed by atoms with Gasteiger partial charge in [-0.1, -0.05) is 13.8 Å². The Balaban J connectivity index is 2.08. The van der Waals surface area contributed by atoms with Crippen molar-refractivity contribution in [2.45, 2.75) is 39.5 Å². The smallest absolute Gasteiger partial charge is 0.133 e. The van der Waals surface area contributed by atoms with Crippen LogP contribution in [0.3, 0.4) is 0 Å². The van der Waals surface area contributed by atoms with E-state index in [1.54, 1.807) is 11.3 Å². The largest absolute Gasteiger partial charge is 0.300 e. The van der Waals surface area contributed by atoms with Crippen molar-refractivity contribution in [3.05, 3.63) is 16.6 Å². The first-order chi connectivity index (χ1) is 7.08. The first kappa shape index (κ1) is 10.8. The van der Waals surface area contributed by atoms with Gasteiger partial charge in [0.05, 0.1) is 11.2 Å². The summed E-state index contributed by atoms with van der Waals surface area (Å²) in [4.78, 5) is 15.8. The lowest BCUT2D eigenvalue weighted by Gasteiger charge is -2.37. The van der Waals surface area contributed by atoms with E-state index in [4.69, 9.17) is 0 Å². The normalized spacial score (nSPS) is 25.5. The molecule has 1 aliphatic rings. The lowest BCUT2D eigenvalue weighted by Crippen LogP contribution is -2.33. The van der Waals surface area contributed by atoms with Crippen molar-refractivity contribution in [1.29, 1.82) is 0 Å². The Hall–Kier alpha value is -0.700. The molecule has 0 aromatic carbocycles. The van der Waals surface area contributed by atoms with E-state index >= 15 is 0 Å². The Bertz CT molecular complexity index is 343. The number of rotatable bonds is 2. The molecule has 1 atom stereocenters. The van der Waals surface area contributed by atoms with Gasteiger partial charge < -0.3 is 0 Å². The Kier molecular flexibility index (Phi) is 2.91. The molecule has 1 fully saturated rings. The highest BCUT2D eigenvalue weighted by Gasteiger charge is 2.35. The van der Waals surface area contributed by atoms with E-state index in [0.717, 1.165) is 31.4 Å². The minimum Gasteiger partial charge on any atom is -0.300 e. The van der Waals surface area contributed by atoms with Gasteiger partial charge in [-0.05, 0) is 24.2 Å². The maximum absolute atomic E-state index is 11.5. The van der Waals surface area contributed by atoms with Gasteiger partial charge in [-0.25, -0.2) is 4.98 Å². The molecule has 0 N–H and O–H groups in total. The van der Waals surface area contributed by atoms with E-state index in [1.165, 1.54) is 0 Å². The Morgan fingerprint density at radius 2 is 2.40 bits per heavy atom. The zero-order valence-corrected chi connectivity index (χ0v) is 10.1. The molecule has 1 heterocycles. The maximum Gasteiger partial charge on any atom is 0.133 e. The van der Waals surface area contributed by atoms with Crippen LogP contribution in [0.25, 0.3) is 0 Å². The molecule has 1 aromatic rings. The number of aromatic nitrogens is 1. The molecule has 0 amide bonds. The van der Waals surface area contributed by atoms with Crippen LogP contribution in [0.1, 0.15) is 38.8 Å². The monoisotopic (exact) mass is 223 g/mol. The lowest BCUT2D eigenvalue weighted by molar-refractivity contribution is -0.124. The molecule has 1 aliphatic carbocycles. The SMILES string of the molecule is CC1(C)CCC(=O)CC1Cc1cscn1. The third-order valence-corrected chi connectivity index (χ3v) is 4.20. The zero-order valence-electron chi connectivity index (χ0n) is 9.32. The van der Waals surface area contributed by atoms with E-state index < -0.39 is 0 Å². The van der Waals surface area contributed by atoms with Gasteiger partial charge in [-0.2, -0.15) is 0 Å². The number of hydrogen-bond acceptors (Lipinski definition) is 3. The molecule has 0 saturated heterocycles. The number of hydrogen-bond donors (Lipinski definition) is 0. The second kappa shape index (κ2) is 4.05. The third-order valence-electron chi connectivity index (χ3n) is 3.57. The average Bonchev–Trinajstić information content (AvgIpc) is 2.65. The standard InChI is InChI=1S/C12H17NOS/c1-12(2)4-3-11(14)6-9(12)5-10-7-15-8-13-10/h7-9H,3-6H2,1-2H3. The fraction of sp³-hybridized carbons (Fsp3) is 0.667. The summed E-state index contributed by atoms with van der Waals surface area (Å²) in [5.41, 5.74) is 3.30. The topological polar surface area (TPSA) is 30.0 Å². The third kappa shape index (κ3) is 2.46. The minimum absolute atomic E-state index is 0.289. The highest BCUT2D eigenvalue weighted by Crippen LogP contribution is 2.40. The summed E-state index contributed by atoms with van der Waals surface area (Å²) in [6, 6.07) is 0. The van der Waals surface area contributed by atoms with Crippen LogP contribution in [0.4, 0.5) is 0 Å². The highest BCUT2D eigenvalue weighted by molar-refractivity contribution is 7.07. The Morgan fingerprint density at radius 3 is 3.07 bits per heavy atom. The number of carbonyl (C=O) groups is 1. The Morgan fingerprint density at radius 1 is 1.60 bits per heavy atom. The van der Waals surface area contributed by atoms with E-state index in [0.29, 0.717) is 11.7 Å². The fourth-order valence-electron chi connectivity index (χ4n) is 2.26. The van der Waals surface area contributed by atoms with Crippen LogP contribution >= 0.6 is 11.3 Å². The summed E-state index contributed by atoms with van der Waals surface area (Å²) in [6.45, 7) is 4.55. The van der Waals surface area contributed by atoms with E-state index in [-0.39, 0.29) is 5.41 Å². The molecule has 1 unspecified atom stereocenters. The molecule has 1 aromatic heterocycles. The molecular formula is C12H17NOS. The van der Waals surface area contributed by atoms with Gasteiger partial charge in [0, 0.05) is 18.2 Å². The summed E-state index contributed by atoms with van der Waals surface area (Å²) in [5, 5.41) is 2.09. The van der Waals surface area contributed by atoms with Gasteiger partial charge in [0.25, 0.3) is 0 Å². The average molecular weight is 223 g/mol. The van der Waals surface area contributed by atoms with E-state index in [2.05, 4.69) is 24.2 Å². The van der Waals surface area contributed by atoms with Gasteiger partial charge in [0.2, 0.25) is 0 Å².